The Balaban J connectivity index is 1.72. The van der Waals surface area contributed by atoms with Gasteiger partial charge in [0.25, 0.3) is 0 Å². The Morgan fingerprint density at radius 3 is 2.84 bits per heavy atom. The van der Waals surface area contributed by atoms with Gasteiger partial charge in [-0.15, -0.1) is 11.6 Å². The molecule has 1 heterocycles. The largest absolute Gasteiger partial charge is 0.313 e. The lowest BCUT2D eigenvalue weighted by Gasteiger charge is -2.06. The monoisotopic (exact) mass is 276 g/mol. The van der Waals surface area contributed by atoms with Crippen LogP contribution in [0, 0.1) is 0 Å². The predicted octanol–water partition coefficient (Wildman–Crippen LogP) is 4.12. The number of pyridine rings is 1. The molecule has 0 aliphatic heterocycles. The molecule has 0 aliphatic rings. The molecule has 19 heavy (non-hydrogen) atoms. The minimum Gasteiger partial charge on any atom is -0.313 e. The standard InChI is InChI=1S/C16H21ClN2/c17-9-3-1-2-4-10-18-13-14-7-8-16-15(12-14)6-5-11-19-16/h5-8,11-12,18H,1-4,9-10,13H2. The predicted molar refractivity (Wildman–Crippen MR) is 82.6 cm³/mol. The summed E-state index contributed by atoms with van der Waals surface area (Å²) < 4.78 is 0. The molecule has 0 fully saturated rings. The van der Waals surface area contributed by atoms with Crippen LogP contribution in [0.25, 0.3) is 10.9 Å². The van der Waals surface area contributed by atoms with Crippen LogP contribution in [0.5, 0.6) is 0 Å². The number of nitrogens with one attached hydrogen (secondary N) is 1. The second kappa shape index (κ2) is 8.13. The first-order chi connectivity index (χ1) is 9.40. The van der Waals surface area contributed by atoms with Crippen molar-refractivity contribution in [3.63, 3.8) is 0 Å². The highest BCUT2D eigenvalue weighted by molar-refractivity contribution is 6.17. The first-order valence-electron chi connectivity index (χ1n) is 7.00. The second-order valence-corrected chi connectivity index (χ2v) is 5.19. The Morgan fingerprint density at radius 2 is 1.95 bits per heavy atom. The van der Waals surface area contributed by atoms with E-state index in [0.717, 1.165) is 30.9 Å². The van der Waals surface area contributed by atoms with E-state index in [1.165, 1.54) is 30.2 Å². The average Bonchev–Trinajstić information content (AvgIpc) is 2.46. The summed E-state index contributed by atoms with van der Waals surface area (Å²) in [6, 6.07) is 10.5. The van der Waals surface area contributed by atoms with Crippen molar-refractivity contribution in [2.45, 2.75) is 32.2 Å². The SMILES string of the molecule is ClCCCCCCNCc1ccc2ncccc2c1. The maximum atomic E-state index is 5.65. The molecule has 0 bridgehead atoms. The zero-order valence-electron chi connectivity index (χ0n) is 11.2. The van der Waals surface area contributed by atoms with Gasteiger partial charge in [-0.05, 0) is 43.1 Å². The Bertz CT molecular complexity index is 499. The third kappa shape index (κ3) is 4.81. The summed E-state index contributed by atoms with van der Waals surface area (Å²) in [4.78, 5) is 4.33. The van der Waals surface area contributed by atoms with Gasteiger partial charge >= 0.3 is 0 Å². The summed E-state index contributed by atoms with van der Waals surface area (Å²) >= 11 is 5.65. The van der Waals surface area contributed by atoms with Gasteiger partial charge in [0.05, 0.1) is 5.52 Å². The molecule has 1 aromatic carbocycles. The van der Waals surface area contributed by atoms with Crippen molar-refractivity contribution in [2.24, 2.45) is 0 Å². The van der Waals surface area contributed by atoms with Crippen LogP contribution in [0.4, 0.5) is 0 Å². The van der Waals surface area contributed by atoms with E-state index in [2.05, 4.69) is 34.6 Å². The van der Waals surface area contributed by atoms with Gasteiger partial charge in [0, 0.05) is 24.0 Å². The molecule has 0 atom stereocenters. The van der Waals surface area contributed by atoms with Crippen LogP contribution in [0.15, 0.2) is 36.5 Å². The van der Waals surface area contributed by atoms with Crippen LogP contribution in [-0.2, 0) is 6.54 Å². The van der Waals surface area contributed by atoms with Crippen molar-refractivity contribution in [3.8, 4) is 0 Å². The van der Waals surface area contributed by atoms with Crippen LogP contribution in [0.3, 0.4) is 0 Å². The van der Waals surface area contributed by atoms with E-state index in [1.807, 2.05) is 12.3 Å². The summed E-state index contributed by atoms with van der Waals surface area (Å²) in [5, 5.41) is 4.70. The Labute approximate surface area is 120 Å². The molecule has 1 N–H and O–H groups in total. The van der Waals surface area contributed by atoms with Crippen LogP contribution in [0.2, 0.25) is 0 Å². The van der Waals surface area contributed by atoms with Crippen molar-refractivity contribution in [1.82, 2.24) is 10.3 Å². The normalized spacial score (nSPS) is 11.0. The first kappa shape index (κ1) is 14.3. The molecular formula is C16H21ClN2. The van der Waals surface area contributed by atoms with Gasteiger partial charge in [-0.3, -0.25) is 4.98 Å². The van der Waals surface area contributed by atoms with Crippen LogP contribution >= 0.6 is 11.6 Å². The smallest absolute Gasteiger partial charge is 0.0702 e. The van der Waals surface area contributed by atoms with Crippen LogP contribution in [0.1, 0.15) is 31.2 Å². The van der Waals surface area contributed by atoms with E-state index in [-0.39, 0.29) is 0 Å². The number of rotatable bonds is 8. The molecule has 0 spiro atoms. The van der Waals surface area contributed by atoms with E-state index < -0.39 is 0 Å². The number of hydrogen-bond donors (Lipinski definition) is 1. The number of benzene rings is 1. The molecule has 0 unspecified atom stereocenters. The summed E-state index contributed by atoms with van der Waals surface area (Å²) in [6.45, 7) is 2.01. The third-order valence-corrected chi connectivity index (χ3v) is 3.50. The van der Waals surface area contributed by atoms with Crippen molar-refractivity contribution >= 4 is 22.5 Å². The van der Waals surface area contributed by atoms with E-state index >= 15 is 0 Å². The van der Waals surface area contributed by atoms with Crippen LogP contribution < -0.4 is 5.32 Å². The number of unbranched alkanes of at least 4 members (excludes halogenated alkanes) is 3. The van der Waals surface area contributed by atoms with E-state index in [0.29, 0.717) is 0 Å². The van der Waals surface area contributed by atoms with Crippen LogP contribution in [-0.4, -0.2) is 17.4 Å². The Morgan fingerprint density at radius 1 is 1.05 bits per heavy atom. The Hall–Kier alpha value is -1.12. The maximum absolute atomic E-state index is 5.65. The van der Waals surface area contributed by atoms with Gasteiger partial charge in [-0.2, -0.15) is 0 Å². The molecule has 0 saturated carbocycles. The van der Waals surface area contributed by atoms with E-state index in [1.54, 1.807) is 0 Å². The molecular weight excluding hydrogens is 256 g/mol. The van der Waals surface area contributed by atoms with Crippen molar-refractivity contribution in [2.75, 3.05) is 12.4 Å². The fourth-order valence-electron chi connectivity index (χ4n) is 2.17. The van der Waals surface area contributed by atoms with Gasteiger partial charge in [0.15, 0.2) is 0 Å². The summed E-state index contributed by atoms with van der Waals surface area (Å²) in [6.07, 6.45) is 6.71. The highest BCUT2D eigenvalue weighted by Crippen LogP contribution is 2.13. The third-order valence-electron chi connectivity index (χ3n) is 3.23. The molecule has 3 heteroatoms. The van der Waals surface area contributed by atoms with Crippen molar-refractivity contribution in [3.05, 3.63) is 42.1 Å². The molecule has 0 saturated heterocycles. The second-order valence-electron chi connectivity index (χ2n) is 4.81. The lowest BCUT2D eigenvalue weighted by Crippen LogP contribution is -2.14. The maximum Gasteiger partial charge on any atom is 0.0702 e. The molecule has 2 nitrogen and oxygen atoms in total. The topological polar surface area (TPSA) is 24.9 Å². The summed E-state index contributed by atoms with van der Waals surface area (Å²) in [5.74, 6) is 0.790. The van der Waals surface area contributed by atoms with Gasteiger partial charge in [-0.25, -0.2) is 0 Å². The highest BCUT2D eigenvalue weighted by atomic mass is 35.5. The fourth-order valence-corrected chi connectivity index (χ4v) is 2.35. The first-order valence-corrected chi connectivity index (χ1v) is 7.54. The average molecular weight is 277 g/mol. The minimum absolute atomic E-state index is 0.790. The minimum atomic E-state index is 0.790. The summed E-state index contributed by atoms with van der Waals surface area (Å²) in [7, 11) is 0. The zero-order valence-corrected chi connectivity index (χ0v) is 12.0. The number of hydrogen-bond acceptors (Lipinski definition) is 2. The molecule has 102 valence electrons. The molecule has 2 rings (SSSR count). The number of aromatic nitrogens is 1. The van der Waals surface area contributed by atoms with Crippen molar-refractivity contribution in [1.29, 1.82) is 0 Å². The molecule has 0 amide bonds. The number of nitrogens with zero attached hydrogens (tertiary/aromatic N) is 1. The molecule has 0 radical (unpaired) electrons. The molecule has 1 aromatic heterocycles. The molecule has 0 aliphatic carbocycles. The highest BCUT2D eigenvalue weighted by Gasteiger charge is 1.97. The van der Waals surface area contributed by atoms with E-state index in [9.17, 15) is 0 Å². The lowest BCUT2D eigenvalue weighted by molar-refractivity contribution is 0.599. The zero-order chi connectivity index (χ0) is 13.3. The summed E-state index contributed by atoms with van der Waals surface area (Å²) in [5.41, 5.74) is 2.38. The quantitative estimate of drug-likeness (QED) is 0.579. The molecule has 2 aromatic rings. The lowest BCUT2D eigenvalue weighted by atomic mass is 10.1. The number of alkyl halides is 1. The van der Waals surface area contributed by atoms with E-state index in [4.69, 9.17) is 11.6 Å². The fraction of sp³-hybridized carbons (Fsp3) is 0.438. The number of fused-ring (bicyclic) bond motifs is 1. The Kier molecular flexibility index (Phi) is 6.12. The number of halogens is 1. The van der Waals surface area contributed by atoms with Gasteiger partial charge < -0.3 is 5.32 Å². The van der Waals surface area contributed by atoms with Gasteiger partial charge in [0.2, 0.25) is 0 Å². The van der Waals surface area contributed by atoms with Gasteiger partial charge in [-0.1, -0.05) is 25.0 Å². The van der Waals surface area contributed by atoms with Gasteiger partial charge in [0.1, 0.15) is 0 Å². The van der Waals surface area contributed by atoms with Crippen molar-refractivity contribution < 1.29 is 0 Å².